The number of carboxylic acids is 1. The van der Waals surface area contributed by atoms with Gasteiger partial charge < -0.3 is 30.3 Å². The summed E-state index contributed by atoms with van der Waals surface area (Å²) >= 11 is 0. The Hall–Kier alpha value is -3.47. The van der Waals surface area contributed by atoms with Crippen molar-refractivity contribution >= 4 is 29.7 Å². The number of hydrogen-bond acceptors (Lipinski definition) is 7. The number of hydrogen-bond donors (Lipinski definition) is 3. The number of carbonyl (C=O) groups is 5. The van der Waals surface area contributed by atoms with E-state index in [-0.39, 0.29) is 13.1 Å². The number of piperazine rings is 1. The average molecular weight is 489 g/mol. The standard InChI is InChI=1S/C24H32N4O7/c1-15(26-22(32)18-5-3-16(4-6-18)17-7-9-25-10-8-17)23(33)28-12-11-27(14-20(29)30)24(34)19(28)13-21(31)35-2/h3-6,15,17,19,25H,7-14H2,1-2H3,(H,26,32)(H,29,30)/t15-,19-/m0/s1. The van der Waals surface area contributed by atoms with Crippen LogP contribution in [0.4, 0.5) is 0 Å². The van der Waals surface area contributed by atoms with E-state index in [1.54, 1.807) is 12.1 Å². The first-order valence-electron chi connectivity index (χ1n) is 11.7. The third-order valence-electron chi connectivity index (χ3n) is 6.48. The van der Waals surface area contributed by atoms with Gasteiger partial charge in [0.1, 0.15) is 18.6 Å². The van der Waals surface area contributed by atoms with E-state index in [0.717, 1.165) is 37.9 Å². The minimum atomic E-state index is -1.20. The monoisotopic (exact) mass is 488 g/mol. The van der Waals surface area contributed by atoms with Gasteiger partial charge in [0, 0.05) is 18.7 Å². The summed E-state index contributed by atoms with van der Waals surface area (Å²) in [5.74, 6) is -3.06. The third kappa shape index (κ3) is 6.56. The van der Waals surface area contributed by atoms with E-state index in [1.165, 1.54) is 17.4 Å². The van der Waals surface area contributed by atoms with Crippen LogP contribution in [0, 0.1) is 0 Å². The maximum Gasteiger partial charge on any atom is 0.323 e. The van der Waals surface area contributed by atoms with Crippen molar-refractivity contribution < 1.29 is 33.8 Å². The molecular weight excluding hydrogens is 456 g/mol. The Morgan fingerprint density at radius 1 is 1.14 bits per heavy atom. The van der Waals surface area contributed by atoms with E-state index >= 15 is 0 Å². The van der Waals surface area contributed by atoms with Gasteiger partial charge in [0.05, 0.1) is 13.5 Å². The zero-order valence-electron chi connectivity index (χ0n) is 20.0. The van der Waals surface area contributed by atoms with E-state index in [9.17, 15) is 24.0 Å². The van der Waals surface area contributed by atoms with Crippen molar-refractivity contribution in [2.24, 2.45) is 0 Å². The number of ether oxygens (including phenoxy) is 1. The molecule has 2 heterocycles. The predicted octanol–water partition coefficient (Wildman–Crippen LogP) is -0.0410. The minimum Gasteiger partial charge on any atom is -0.480 e. The molecule has 0 spiro atoms. The molecule has 1 aromatic carbocycles. The highest BCUT2D eigenvalue weighted by Gasteiger charge is 2.41. The highest BCUT2D eigenvalue weighted by atomic mass is 16.5. The molecule has 11 nitrogen and oxygen atoms in total. The molecule has 0 saturated carbocycles. The molecule has 0 aromatic heterocycles. The van der Waals surface area contributed by atoms with Crippen LogP contribution in [-0.2, 0) is 23.9 Å². The summed E-state index contributed by atoms with van der Waals surface area (Å²) in [5.41, 5.74) is 1.59. The summed E-state index contributed by atoms with van der Waals surface area (Å²) in [4.78, 5) is 64.0. The van der Waals surface area contributed by atoms with Gasteiger partial charge in [-0.15, -0.1) is 0 Å². The van der Waals surface area contributed by atoms with Crippen LogP contribution in [0.15, 0.2) is 24.3 Å². The first-order chi connectivity index (χ1) is 16.7. The van der Waals surface area contributed by atoms with E-state index in [2.05, 4.69) is 15.4 Å². The average Bonchev–Trinajstić information content (AvgIpc) is 2.86. The van der Waals surface area contributed by atoms with Crippen molar-refractivity contribution in [1.29, 1.82) is 0 Å². The first-order valence-corrected chi connectivity index (χ1v) is 11.7. The number of piperidine rings is 1. The number of esters is 1. The lowest BCUT2D eigenvalue weighted by Crippen LogP contribution is -2.62. The quantitative estimate of drug-likeness (QED) is 0.432. The summed E-state index contributed by atoms with van der Waals surface area (Å²) < 4.78 is 4.64. The van der Waals surface area contributed by atoms with Gasteiger partial charge in [-0.05, 0) is 56.5 Å². The summed E-state index contributed by atoms with van der Waals surface area (Å²) in [6, 6.07) is 5.17. The molecular formula is C24H32N4O7. The summed E-state index contributed by atoms with van der Waals surface area (Å²) in [5, 5.41) is 15.0. The van der Waals surface area contributed by atoms with Crippen LogP contribution in [0.5, 0.6) is 0 Å². The molecule has 2 fully saturated rings. The van der Waals surface area contributed by atoms with Crippen molar-refractivity contribution in [2.75, 3.05) is 39.8 Å². The third-order valence-corrected chi connectivity index (χ3v) is 6.48. The molecule has 0 radical (unpaired) electrons. The normalized spacial score (nSPS) is 19.7. The highest BCUT2D eigenvalue weighted by molar-refractivity contribution is 5.99. The lowest BCUT2D eigenvalue weighted by atomic mass is 9.90. The molecule has 0 unspecified atom stereocenters. The maximum absolute atomic E-state index is 13.1. The number of methoxy groups -OCH3 is 1. The molecule has 0 aliphatic carbocycles. The van der Waals surface area contributed by atoms with Crippen molar-refractivity contribution in [3.63, 3.8) is 0 Å². The number of nitrogens with one attached hydrogen (secondary N) is 2. The van der Waals surface area contributed by atoms with E-state index in [1.807, 2.05) is 12.1 Å². The van der Waals surface area contributed by atoms with Crippen LogP contribution in [0.3, 0.4) is 0 Å². The number of benzene rings is 1. The SMILES string of the molecule is COC(=O)C[C@H]1C(=O)N(CC(=O)O)CCN1C(=O)[C@H](C)NC(=O)c1ccc(C2CCNCC2)cc1. The number of amides is 3. The Morgan fingerprint density at radius 3 is 2.40 bits per heavy atom. The summed E-state index contributed by atoms with van der Waals surface area (Å²) in [6.45, 7) is 2.95. The molecule has 3 amide bonds. The second-order valence-electron chi connectivity index (χ2n) is 8.82. The molecule has 11 heteroatoms. The van der Waals surface area contributed by atoms with Gasteiger partial charge >= 0.3 is 11.9 Å². The fraction of sp³-hybridized carbons (Fsp3) is 0.542. The van der Waals surface area contributed by atoms with Gasteiger partial charge in [-0.25, -0.2) is 0 Å². The van der Waals surface area contributed by atoms with E-state index in [4.69, 9.17) is 5.11 Å². The molecule has 0 bridgehead atoms. The zero-order valence-corrected chi connectivity index (χ0v) is 20.0. The molecule has 2 aliphatic heterocycles. The van der Waals surface area contributed by atoms with E-state index in [0.29, 0.717) is 11.5 Å². The summed E-state index contributed by atoms with van der Waals surface area (Å²) in [6.07, 6.45) is 1.68. The Bertz CT molecular complexity index is 959. The number of rotatable bonds is 8. The Labute approximate surface area is 203 Å². The van der Waals surface area contributed by atoms with Gasteiger partial charge in [0.25, 0.3) is 5.91 Å². The highest BCUT2D eigenvalue weighted by Crippen LogP contribution is 2.25. The van der Waals surface area contributed by atoms with Crippen LogP contribution in [-0.4, -0.2) is 96.5 Å². The molecule has 2 saturated heterocycles. The van der Waals surface area contributed by atoms with Crippen molar-refractivity contribution in [3.8, 4) is 0 Å². The van der Waals surface area contributed by atoms with Crippen molar-refractivity contribution in [2.45, 2.75) is 44.2 Å². The van der Waals surface area contributed by atoms with Crippen LogP contribution < -0.4 is 10.6 Å². The van der Waals surface area contributed by atoms with Gasteiger partial charge in [0.2, 0.25) is 11.8 Å². The lowest BCUT2D eigenvalue weighted by molar-refractivity contribution is -0.159. The van der Waals surface area contributed by atoms with Crippen molar-refractivity contribution in [1.82, 2.24) is 20.4 Å². The van der Waals surface area contributed by atoms with Crippen LogP contribution >= 0.6 is 0 Å². The molecule has 2 atom stereocenters. The van der Waals surface area contributed by atoms with Crippen LogP contribution in [0.1, 0.15) is 48.0 Å². The first kappa shape index (κ1) is 26.1. The Morgan fingerprint density at radius 2 is 1.80 bits per heavy atom. The fourth-order valence-corrected chi connectivity index (χ4v) is 4.51. The number of carboxylic acid groups (broad SMARTS) is 1. The topological polar surface area (TPSA) is 145 Å². The lowest BCUT2D eigenvalue weighted by Gasteiger charge is -2.40. The molecule has 190 valence electrons. The second kappa shape index (κ2) is 11.8. The number of carbonyl (C=O) groups excluding carboxylic acids is 4. The van der Waals surface area contributed by atoms with Crippen LogP contribution in [0.2, 0.25) is 0 Å². The van der Waals surface area contributed by atoms with Crippen molar-refractivity contribution in [3.05, 3.63) is 35.4 Å². The number of nitrogens with zero attached hydrogens (tertiary/aromatic N) is 2. The van der Waals surface area contributed by atoms with Gasteiger partial charge in [-0.1, -0.05) is 12.1 Å². The van der Waals surface area contributed by atoms with Gasteiger partial charge in [0.15, 0.2) is 0 Å². The van der Waals surface area contributed by atoms with E-state index < -0.39 is 54.7 Å². The molecule has 35 heavy (non-hydrogen) atoms. The second-order valence-corrected chi connectivity index (χ2v) is 8.82. The summed E-state index contributed by atoms with van der Waals surface area (Å²) in [7, 11) is 1.16. The minimum absolute atomic E-state index is 0.00730. The fourth-order valence-electron chi connectivity index (χ4n) is 4.51. The van der Waals surface area contributed by atoms with Gasteiger partial charge in [-0.3, -0.25) is 24.0 Å². The molecule has 2 aliphatic rings. The molecule has 3 N–H and O–H groups in total. The van der Waals surface area contributed by atoms with Gasteiger partial charge in [-0.2, -0.15) is 0 Å². The number of aliphatic carboxylic acids is 1. The largest absolute Gasteiger partial charge is 0.480 e. The zero-order chi connectivity index (χ0) is 25.5. The van der Waals surface area contributed by atoms with Crippen LogP contribution in [0.25, 0.3) is 0 Å². The molecule has 1 aromatic rings. The predicted molar refractivity (Wildman–Crippen MR) is 125 cm³/mol. The molecule has 3 rings (SSSR count). The Balaban J connectivity index is 1.66. The smallest absolute Gasteiger partial charge is 0.323 e. The maximum atomic E-state index is 13.1. The Kier molecular flexibility index (Phi) is 8.80.